The van der Waals surface area contributed by atoms with E-state index in [0.29, 0.717) is 0 Å². The van der Waals surface area contributed by atoms with Gasteiger partial charge in [-0.1, -0.05) is 30.3 Å². The molecule has 0 aromatic heterocycles. The van der Waals surface area contributed by atoms with Crippen molar-refractivity contribution in [2.45, 2.75) is 63.3 Å². The first-order valence-electron chi connectivity index (χ1n) is 12.4. The van der Waals surface area contributed by atoms with E-state index in [4.69, 9.17) is 19.2 Å². The average Bonchev–Trinajstić information content (AvgIpc) is 3.38. The normalized spacial score (nSPS) is 27.3. The fraction of sp³-hybridized carbons (Fsp3) is 0.720. The number of nitrogens with zero attached hydrogens (tertiary/aromatic N) is 2. The average molecular weight is 445 g/mol. The molecule has 0 saturated carbocycles. The lowest BCUT2D eigenvalue weighted by atomic mass is 9.88. The highest BCUT2D eigenvalue weighted by atomic mass is 16.5. The molecule has 3 fully saturated rings. The number of hydrogen-bond acceptors (Lipinski definition) is 5. The van der Waals surface area contributed by atoms with Crippen LogP contribution in [0.25, 0.3) is 0 Å². The number of morpholine rings is 1. The molecule has 3 aliphatic heterocycles. The van der Waals surface area contributed by atoms with E-state index in [0.717, 1.165) is 84.2 Å². The number of nitrogens with one attached hydrogen (secondary N) is 2. The van der Waals surface area contributed by atoms with Crippen molar-refractivity contribution >= 4 is 5.96 Å². The molecule has 0 aliphatic carbocycles. The Hall–Kier alpha value is -1.67. The SMILES string of the molecule is CCNC(=NCC1(NC(C)c2ccccc2)CCOCC1)N1CCOC(C2CCCO2)C1. The topological polar surface area (TPSA) is 67.4 Å². The van der Waals surface area contributed by atoms with E-state index in [1.807, 2.05) is 0 Å². The monoisotopic (exact) mass is 444 g/mol. The van der Waals surface area contributed by atoms with Gasteiger partial charge in [-0.3, -0.25) is 4.99 Å². The zero-order valence-corrected chi connectivity index (χ0v) is 19.7. The Morgan fingerprint density at radius 2 is 1.91 bits per heavy atom. The van der Waals surface area contributed by atoms with Crippen molar-refractivity contribution in [2.24, 2.45) is 4.99 Å². The molecule has 3 unspecified atom stereocenters. The van der Waals surface area contributed by atoms with E-state index in [-0.39, 0.29) is 23.8 Å². The van der Waals surface area contributed by atoms with Gasteiger partial charge in [-0.25, -0.2) is 0 Å². The first kappa shape index (κ1) is 23.5. The Balaban J connectivity index is 1.46. The summed E-state index contributed by atoms with van der Waals surface area (Å²) in [4.78, 5) is 7.51. The van der Waals surface area contributed by atoms with Crippen molar-refractivity contribution in [1.29, 1.82) is 0 Å². The van der Waals surface area contributed by atoms with Crippen LogP contribution in [-0.4, -0.2) is 81.2 Å². The van der Waals surface area contributed by atoms with Crippen molar-refractivity contribution in [3.63, 3.8) is 0 Å². The summed E-state index contributed by atoms with van der Waals surface area (Å²) >= 11 is 0. The Morgan fingerprint density at radius 3 is 2.62 bits per heavy atom. The molecule has 2 N–H and O–H groups in total. The van der Waals surface area contributed by atoms with Gasteiger partial charge in [0.2, 0.25) is 0 Å². The summed E-state index contributed by atoms with van der Waals surface area (Å²) in [7, 11) is 0. The van der Waals surface area contributed by atoms with E-state index in [1.165, 1.54) is 5.56 Å². The lowest BCUT2D eigenvalue weighted by molar-refractivity contribution is -0.0817. The van der Waals surface area contributed by atoms with E-state index >= 15 is 0 Å². The van der Waals surface area contributed by atoms with Gasteiger partial charge in [0.1, 0.15) is 6.10 Å². The lowest BCUT2D eigenvalue weighted by Gasteiger charge is -2.41. The second kappa shape index (κ2) is 11.5. The largest absolute Gasteiger partial charge is 0.381 e. The number of guanidine groups is 1. The summed E-state index contributed by atoms with van der Waals surface area (Å²) in [6.45, 7) is 10.8. The summed E-state index contributed by atoms with van der Waals surface area (Å²) in [6.07, 6.45) is 4.51. The number of benzene rings is 1. The third-order valence-corrected chi connectivity index (χ3v) is 6.91. The van der Waals surface area contributed by atoms with Crippen LogP contribution in [0.5, 0.6) is 0 Å². The molecule has 7 nitrogen and oxygen atoms in total. The zero-order chi connectivity index (χ0) is 22.2. The lowest BCUT2D eigenvalue weighted by Crippen LogP contribution is -2.55. The molecule has 0 bridgehead atoms. The van der Waals surface area contributed by atoms with Crippen molar-refractivity contribution in [1.82, 2.24) is 15.5 Å². The highest BCUT2D eigenvalue weighted by Gasteiger charge is 2.35. The molecule has 3 saturated heterocycles. The first-order chi connectivity index (χ1) is 15.7. The van der Waals surface area contributed by atoms with Gasteiger partial charge in [0.05, 0.1) is 19.3 Å². The molecule has 0 amide bonds. The molecular weight excluding hydrogens is 404 g/mol. The number of hydrogen-bond donors (Lipinski definition) is 2. The minimum atomic E-state index is -0.0611. The first-order valence-corrected chi connectivity index (χ1v) is 12.4. The maximum absolute atomic E-state index is 6.06. The van der Waals surface area contributed by atoms with Crippen molar-refractivity contribution in [3.8, 4) is 0 Å². The molecule has 1 aromatic rings. The van der Waals surface area contributed by atoms with E-state index in [1.54, 1.807) is 0 Å². The zero-order valence-electron chi connectivity index (χ0n) is 19.7. The summed E-state index contributed by atoms with van der Waals surface area (Å²) in [5.74, 6) is 0.985. The van der Waals surface area contributed by atoms with Gasteiger partial charge in [-0.2, -0.15) is 0 Å². The van der Waals surface area contributed by atoms with Gasteiger partial charge < -0.3 is 29.7 Å². The molecule has 0 radical (unpaired) electrons. The molecule has 3 heterocycles. The number of aliphatic imine (C=N–C) groups is 1. The summed E-state index contributed by atoms with van der Waals surface area (Å²) < 4.78 is 17.7. The van der Waals surface area contributed by atoms with Crippen LogP contribution in [0.4, 0.5) is 0 Å². The molecule has 3 atom stereocenters. The minimum Gasteiger partial charge on any atom is -0.381 e. The highest BCUT2D eigenvalue weighted by Crippen LogP contribution is 2.26. The Labute approximate surface area is 192 Å². The molecule has 4 rings (SSSR count). The van der Waals surface area contributed by atoms with Gasteiger partial charge in [-0.15, -0.1) is 0 Å². The molecule has 178 valence electrons. The molecule has 32 heavy (non-hydrogen) atoms. The van der Waals surface area contributed by atoms with Crippen LogP contribution >= 0.6 is 0 Å². The van der Waals surface area contributed by atoms with Crippen LogP contribution in [0.1, 0.15) is 51.1 Å². The van der Waals surface area contributed by atoms with E-state index < -0.39 is 0 Å². The van der Waals surface area contributed by atoms with Crippen LogP contribution in [0.3, 0.4) is 0 Å². The van der Waals surface area contributed by atoms with Crippen LogP contribution in [0.2, 0.25) is 0 Å². The fourth-order valence-electron chi connectivity index (χ4n) is 5.04. The second-order valence-corrected chi connectivity index (χ2v) is 9.25. The van der Waals surface area contributed by atoms with Crippen LogP contribution in [-0.2, 0) is 14.2 Å². The quantitative estimate of drug-likeness (QED) is 0.498. The van der Waals surface area contributed by atoms with E-state index in [2.05, 4.69) is 59.7 Å². The third-order valence-electron chi connectivity index (χ3n) is 6.91. The standard InChI is InChI=1S/C25H40N4O3/c1-3-26-24(29-13-17-32-23(18-29)22-10-7-14-31-22)27-19-25(11-15-30-16-12-25)28-20(2)21-8-5-4-6-9-21/h4-6,8-9,20,22-23,28H,3,7,10-19H2,1-2H3,(H,26,27). The molecule has 1 aromatic carbocycles. The van der Waals surface area contributed by atoms with Gasteiger partial charge in [-0.05, 0) is 45.1 Å². The predicted octanol–water partition coefficient (Wildman–Crippen LogP) is 2.73. The summed E-state index contributed by atoms with van der Waals surface area (Å²) in [5, 5.41) is 7.45. The summed E-state index contributed by atoms with van der Waals surface area (Å²) in [5.41, 5.74) is 1.25. The smallest absolute Gasteiger partial charge is 0.194 e. The molecule has 3 aliphatic rings. The molecule has 7 heteroatoms. The summed E-state index contributed by atoms with van der Waals surface area (Å²) in [6, 6.07) is 10.9. The van der Waals surface area contributed by atoms with Crippen molar-refractivity contribution in [2.75, 3.05) is 52.6 Å². The Morgan fingerprint density at radius 1 is 1.12 bits per heavy atom. The fourth-order valence-corrected chi connectivity index (χ4v) is 5.04. The highest BCUT2D eigenvalue weighted by molar-refractivity contribution is 5.80. The van der Waals surface area contributed by atoms with Crippen LogP contribution < -0.4 is 10.6 Å². The van der Waals surface area contributed by atoms with Gasteiger partial charge in [0.25, 0.3) is 0 Å². The Kier molecular flexibility index (Phi) is 8.41. The van der Waals surface area contributed by atoms with Gasteiger partial charge in [0, 0.05) is 51.0 Å². The maximum Gasteiger partial charge on any atom is 0.194 e. The number of rotatable bonds is 7. The van der Waals surface area contributed by atoms with Crippen molar-refractivity contribution < 1.29 is 14.2 Å². The predicted molar refractivity (Wildman–Crippen MR) is 127 cm³/mol. The minimum absolute atomic E-state index is 0.0611. The van der Waals surface area contributed by atoms with Crippen molar-refractivity contribution in [3.05, 3.63) is 35.9 Å². The number of ether oxygens (including phenoxy) is 3. The van der Waals surface area contributed by atoms with Gasteiger partial charge >= 0.3 is 0 Å². The maximum atomic E-state index is 6.06. The van der Waals surface area contributed by atoms with E-state index in [9.17, 15) is 0 Å². The third kappa shape index (κ3) is 6.01. The van der Waals surface area contributed by atoms with Crippen LogP contribution in [0.15, 0.2) is 35.3 Å². The Bertz CT molecular complexity index is 717. The molecule has 0 spiro atoms. The van der Waals surface area contributed by atoms with Crippen LogP contribution in [0, 0.1) is 0 Å². The molecular formula is C25H40N4O3. The second-order valence-electron chi connectivity index (χ2n) is 9.25. The van der Waals surface area contributed by atoms with Gasteiger partial charge in [0.15, 0.2) is 5.96 Å².